The molecule has 5 nitrogen and oxygen atoms in total. The predicted octanol–water partition coefficient (Wildman–Crippen LogP) is 3.94. The van der Waals surface area contributed by atoms with Gasteiger partial charge in [-0.15, -0.1) is 11.3 Å². The topological polar surface area (TPSA) is 60.5 Å². The van der Waals surface area contributed by atoms with Gasteiger partial charge in [0.1, 0.15) is 0 Å². The highest BCUT2D eigenvalue weighted by atomic mass is 35.5. The van der Waals surface area contributed by atoms with Crippen LogP contribution in [0, 0.1) is 0 Å². The second-order valence-corrected chi connectivity index (χ2v) is 6.61. The van der Waals surface area contributed by atoms with Crippen molar-refractivity contribution in [1.29, 1.82) is 0 Å². The van der Waals surface area contributed by atoms with Gasteiger partial charge in [0.2, 0.25) is 0 Å². The van der Waals surface area contributed by atoms with Crippen LogP contribution in [0.3, 0.4) is 0 Å². The molecular weight excluding hydrogens is 336 g/mol. The lowest BCUT2D eigenvalue weighted by Gasteiger charge is -2.12. The fraction of sp³-hybridized carbons (Fsp3) is 0.375. The number of carbonyl (C=O) groups is 1. The molecule has 0 saturated carbocycles. The van der Waals surface area contributed by atoms with Crippen LogP contribution in [0.1, 0.15) is 34.3 Å². The first-order chi connectivity index (χ1) is 11.1. The maximum Gasteiger partial charge on any atom is 0.257 e. The van der Waals surface area contributed by atoms with E-state index in [0.29, 0.717) is 33.8 Å². The first-order valence-corrected chi connectivity index (χ1v) is 8.62. The van der Waals surface area contributed by atoms with Gasteiger partial charge in [-0.25, -0.2) is 4.98 Å². The van der Waals surface area contributed by atoms with Crippen LogP contribution in [0.25, 0.3) is 0 Å². The Kier molecular flexibility index (Phi) is 4.73. The molecule has 0 saturated heterocycles. The summed E-state index contributed by atoms with van der Waals surface area (Å²) in [7, 11) is 1.52. The SMILES string of the molecule is CCOc1c(Cl)cc(C(=O)Nc2nc3c(s2)CCC3)cc1OC. The number of halogens is 1. The van der Waals surface area contributed by atoms with E-state index in [1.807, 2.05) is 6.92 Å². The van der Waals surface area contributed by atoms with Crippen molar-refractivity contribution in [3.05, 3.63) is 33.3 Å². The van der Waals surface area contributed by atoms with Gasteiger partial charge in [-0.2, -0.15) is 0 Å². The number of hydrogen-bond acceptors (Lipinski definition) is 5. The number of nitrogens with one attached hydrogen (secondary N) is 1. The van der Waals surface area contributed by atoms with Crippen molar-refractivity contribution in [2.75, 3.05) is 19.0 Å². The quantitative estimate of drug-likeness (QED) is 0.885. The number of fused-ring (bicyclic) bond motifs is 1. The van der Waals surface area contributed by atoms with E-state index in [1.165, 1.54) is 23.3 Å². The number of aromatic nitrogens is 1. The molecule has 1 aliphatic rings. The Hall–Kier alpha value is -1.79. The number of nitrogens with zero attached hydrogens (tertiary/aromatic N) is 1. The van der Waals surface area contributed by atoms with Gasteiger partial charge in [0.25, 0.3) is 5.91 Å². The predicted molar refractivity (Wildman–Crippen MR) is 91.3 cm³/mol. The first-order valence-electron chi connectivity index (χ1n) is 7.42. The van der Waals surface area contributed by atoms with E-state index in [-0.39, 0.29) is 5.91 Å². The summed E-state index contributed by atoms with van der Waals surface area (Å²) < 4.78 is 10.7. The molecule has 1 amide bonds. The van der Waals surface area contributed by atoms with Crippen LogP contribution in [0.2, 0.25) is 5.02 Å². The Labute approximate surface area is 143 Å². The molecule has 1 aromatic carbocycles. The molecule has 1 aliphatic carbocycles. The average molecular weight is 353 g/mol. The average Bonchev–Trinajstić information content (AvgIpc) is 3.10. The van der Waals surface area contributed by atoms with E-state index < -0.39 is 0 Å². The molecule has 0 aliphatic heterocycles. The monoisotopic (exact) mass is 352 g/mol. The van der Waals surface area contributed by atoms with Crippen LogP contribution in [0.15, 0.2) is 12.1 Å². The zero-order valence-corrected chi connectivity index (χ0v) is 14.5. The number of benzene rings is 1. The summed E-state index contributed by atoms with van der Waals surface area (Å²) in [5.41, 5.74) is 1.51. The van der Waals surface area contributed by atoms with Crippen LogP contribution in [-0.4, -0.2) is 24.6 Å². The molecule has 0 bridgehead atoms. The van der Waals surface area contributed by atoms with Gasteiger partial charge >= 0.3 is 0 Å². The van der Waals surface area contributed by atoms with Crippen LogP contribution in [-0.2, 0) is 12.8 Å². The number of methoxy groups -OCH3 is 1. The minimum atomic E-state index is -0.263. The van der Waals surface area contributed by atoms with Gasteiger partial charge < -0.3 is 9.47 Å². The molecule has 1 heterocycles. The number of aryl methyl sites for hydroxylation is 2. The van der Waals surface area contributed by atoms with Crippen molar-refractivity contribution in [1.82, 2.24) is 4.98 Å². The summed E-state index contributed by atoms with van der Waals surface area (Å²) in [6.45, 7) is 2.32. The molecular formula is C16H17ClN2O3S. The fourth-order valence-electron chi connectivity index (χ4n) is 2.55. The summed E-state index contributed by atoms with van der Waals surface area (Å²) >= 11 is 7.74. The zero-order chi connectivity index (χ0) is 16.4. The molecule has 122 valence electrons. The molecule has 0 unspecified atom stereocenters. The lowest BCUT2D eigenvalue weighted by molar-refractivity contribution is 0.102. The lowest BCUT2D eigenvalue weighted by Crippen LogP contribution is -2.12. The number of hydrogen-bond donors (Lipinski definition) is 1. The first kappa shape index (κ1) is 16.1. The van der Waals surface area contributed by atoms with Gasteiger partial charge in [-0.1, -0.05) is 11.6 Å². The summed E-state index contributed by atoms with van der Waals surface area (Å²) in [6, 6.07) is 3.19. The normalized spacial score (nSPS) is 12.8. The number of thiazole rings is 1. The van der Waals surface area contributed by atoms with E-state index in [1.54, 1.807) is 12.1 Å². The highest BCUT2D eigenvalue weighted by Crippen LogP contribution is 2.37. The van der Waals surface area contributed by atoms with E-state index in [4.69, 9.17) is 21.1 Å². The minimum absolute atomic E-state index is 0.263. The Bertz CT molecular complexity index is 724. The van der Waals surface area contributed by atoms with Gasteiger partial charge in [-0.05, 0) is 38.3 Å². The molecule has 3 rings (SSSR count). The molecule has 1 aromatic heterocycles. The number of carbonyl (C=O) groups excluding carboxylic acids is 1. The summed E-state index contributed by atoms with van der Waals surface area (Å²) in [5, 5.41) is 3.80. The van der Waals surface area contributed by atoms with E-state index >= 15 is 0 Å². The third-order valence-corrected chi connectivity index (χ3v) is 4.95. The smallest absolute Gasteiger partial charge is 0.257 e. The second kappa shape index (κ2) is 6.76. The standard InChI is InChI=1S/C16H17ClN2O3S/c1-3-22-14-10(17)7-9(8-12(14)21-2)15(20)19-16-18-11-5-4-6-13(11)23-16/h7-8H,3-6H2,1-2H3,(H,18,19,20). The lowest BCUT2D eigenvalue weighted by atomic mass is 10.2. The van der Waals surface area contributed by atoms with Crippen molar-refractivity contribution in [3.8, 4) is 11.5 Å². The molecule has 0 fully saturated rings. The molecule has 1 N–H and O–H groups in total. The third kappa shape index (κ3) is 3.28. The van der Waals surface area contributed by atoms with Crippen LogP contribution in [0.5, 0.6) is 11.5 Å². The van der Waals surface area contributed by atoms with Gasteiger partial charge in [-0.3, -0.25) is 10.1 Å². The van der Waals surface area contributed by atoms with E-state index in [0.717, 1.165) is 25.0 Å². The molecule has 0 radical (unpaired) electrons. The van der Waals surface area contributed by atoms with Crippen molar-refractivity contribution >= 4 is 34.0 Å². The van der Waals surface area contributed by atoms with Crippen LogP contribution < -0.4 is 14.8 Å². The maximum absolute atomic E-state index is 12.4. The van der Waals surface area contributed by atoms with Crippen molar-refractivity contribution in [3.63, 3.8) is 0 Å². The number of ether oxygens (including phenoxy) is 2. The van der Waals surface area contributed by atoms with Crippen molar-refractivity contribution in [2.45, 2.75) is 26.2 Å². The molecule has 0 spiro atoms. The van der Waals surface area contributed by atoms with Gasteiger partial charge in [0.05, 0.1) is 24.4 Å². The number of anilines is 1. The molecule has 23 heavy (non-hydrogen) atoms. The highest BCUT2D eigenvalue weighted by Gasteiger charge is 2.20. The van der Waals surface area contributed by atoms with Crippen molar-refractivity contribution in [2.24, 2.45) is 0 Å². The van der Waals surface area contributed by atoms with Crippen molar-refractivity contribution < 1.29 is 14.3 Å². The van der Waals surface area contributed by atoms with Gasteiger partial charge in [0.15, 0.2) is 16.6 Å². The third-order valence-electron chi connectivity index (χ3n) is 3.60. The number of amides is 1. The van der Waals surface area contributed by atoms with Gasteiger partial charge in [0, 0.05) is 10.4 Å². The largest absolute Gasteiger partial charge is 0.493 e. The molecule has 7 heteroatoms. The second-order valence-electron chi connectivity index (χ2n) is 5.12. The minimum Gasteiger partial charge on any atom is -0.493 e. The Balaban J connectivity index is 1.82. The highest BCUT2D eigenvalue weighted by molar-refractivity contribution is 7.16. The van der Waals surface area contributed by atoms with E-state index in [9.17, 15) is 4.79 Å². The maximum atomic E-state index is 12.4. The van der Waals surface area contributed by atoms with E-state index in [2.05, 4.69) is 10.3 Å². The molecule has 0 atom stereocenters. The summed E-state index contributed by atoms with van der Waals surface area (Å²) in [4.78, 5) is 18.2. The Morgan fingerprint density at radius 3 is 2.96 bits per heavy atom. The Morgan fingerprint density at radius 1 is 1.43 bits per heavy atom. The summed E-state index contributed by atoms with van der Waals surface area (Å²) in [6.07, 6.45) is 3.18. The van der Waals surface area contributed by atoms with Crippen LogP contribution in [0.4, 0.5) is 5.13 Å². The number of rotatable bonds is 5. The molecule has 2 aromatic rings. The van der Waals surface area contributed by atoms with Crippen LogP contribution >= 0.6 is 22.9 Å². The zero-order valence-electron chi connectivity index (χ0n) is 12.9. The fourth-order valence-corrected chi connectivity index (χ4v) is 3.86. The summed E-state index contributed by atoms with van der Waals surface area (Å²) in [5.74, 6) is 0.619. The Morgan fingerprint density at radius 2 is 2.26 bits per heavy atom.